The Hall–Kier alpha value is -0.580. The second kappa shape index (κ2) is 4.12. The number of hydrogen-bond acceptors (Lipinski definition) is 3. The molecule has 15 heavy (non-hydrogen) atoms. The minimum Gasteiger partial charge on any atom is -0.315 e. The van der Waals surface area contributed by atoms with Crippen molar-refractivity contribution in [2.45, 2.75) is 16.6 Å². The first kappa shape index (κ1) is 10.9. The zero-order valence-electron chi connectivity index (χ0n) is 8.11. The minimum atomic E-state index is -3.21. The van der Waals surface area contributed by atoms with Gasteiger partial charge in [0.25, 0.3) is 0 Å². The van der Waals surface area contributed by atoms with Gasteiger partial charge in [0, 0.05) is 11.6 Å². The molecule has 0 bridgehead atoms. The molecule has 0 aliphatic carbocycles. The molecule has 1 aliphatic heterocycles. The van der Waals surface area contributed by atoms with E-state index in [1.807, 2.05) is 0 Å². The third-order valence-corrected chi connectivity index (χ3v) is 5.00. The number of halogens is 1. The predicted octanol–water partition coefficient (Wildman–Crippen LogP) is 1.48. The Morgan fingerprint density at radius 2 is 2.20 bits per heavy atom. The van der Waals surface area contributed by atoms with Gasteiger partial charge in [-0.3, -0.25) is 0 Å². The number of hydrogen-bond donors (Lipinski definition) is 1. The van der Waals surface area contributed by atoms with Crippen molar-refractivity contribution in [3.63, 3.8) is 0 Å². The van der Waals surface area contributed by atoms with E-state index in [1.54, 1.807) is 18.2 Å². The molecule has 1 heterocycles. The summed E-state index contributed by atoms with van der Waals surface area (Å²) in [5, 5.41) is 3.20. The van der Waals surface area contributed by atoms with Gasteiger partial charge < -0.3 is 5.32 Å². The van der Waals surface area contributed by atoms with Crippen LogP contribution in [-0.4, -0.2) is 26.8 Å². The van der Waals surface area contributed by atoms with Crippen molar-refractivity contribution in [2.75, 3.05) is 13.1 Å². The van der Waals surface area contributed by atoms with E-state index in [0.29, 0.717) is 22.9 Å². The van der Waals surface area contributed by atoms with E-state index in [1.165, 1.54) is 6.07 Å². The first-order valence-electron chi connectivity index (χ1n) is 4.81. The number of nitrogens with one attached hydrogen (secondary N) is 1. The lowest BCUT2D eigenvalue weighted by Crippen LogP contribution is -2.23. The predicted molar refractivity (Wildman–Crippen MR) is 59.9 cm³/mol. The van der Waals surface area contributed by atoms with Crippen LogP contribution in [0.5, 0.6) is 0 Å². The van der Waals surface area contributed by atoms with Gasteiger partial charge in [0.05, 0.1) is 10.1 Å². The van der Waals surface area contributed by atoms with E-state index < -0.39 is 9.84 Å². The molecule has 3 nitrogen and oxygen atoms in total. The first-order chi connectivity index (χ1) is 7.10. The van der Waals surface area contributed by atoms with E-state index in [2.05, 4.69) is 5.32 Å². The van der Waals surface area contributed by atoms with Crippen LogP contribution in [0.3, 0.4) is 0 Å². The maximum atomic E-state index is 12.1. The van der Waals surface area contributed by atoms with Crippen LogP contribution in [0.1, 0.15) is 6.42 Å². The lowest BCUT2D eigenvalue weighted by Gasteiger charge is -2.10. The molecule has 1 saturated heterocycles. The topological polar surface area (TPSA) is 46.2 Å². The molecule has 1 fully saturated rings. The van der Waals surface area contributed by atoms with Crippen molar-refractivity contribution in [3.8, 4) is 0 Å². The van der Waals surface area contributed by atoms with Gasteiger partial charge in [-0.05, 0) is 31.2 Å². The molecule has 0 saturated carbocycles. The highest BCUT2D eigenvalue weighted by atomic mass is 35.5. The lowest BCUT2D eigenvalue weighted by molar-refractivity contribution is 0.583. The maximum Gasteiger partial charge on any atom is 0.182 e. The van der Waals surface area contributed by atoms with Crippen LogP contribution >= 0.6 is 11.6 Å². The average molecular weight is 246 g/mol. The molecule has 1 aromatic rings. The Morgan fingerprint density at radius 1 is 1.40 bits per heavy atom. The summed E-state index contributed by atoms with van der Waals surface area (Å²) in [5.74, 6) is 0. The summed E-state index contributed by atoms with van der Waals surface area (Å²) in [4.78, 5) is 0.323. The molecule has 0 amide bonds. The van der Waals surface area contributed by atoms with Crippen molar-refractivity contribution >= 4 is 21.4 Å². The molecule has 1 aromatic carbocycles. The average Bonchev–Trinajstić information content (AvgIpc) is 2.71. The van der Waals surface area contributed by atoms with Gasteiger partial charge >= 0.3 is 0 Å². The minimum absolute atomic E-state index is 0.309. The smallest absolute Gasteiger partial charge is 0.182 e. The highest BCUT2D eigenvalue weighted by molar-refractivity contribution is 7.92. The number of benzene rings is 1. The van der Waals surface area contributed by atoms with Crippen molar-refractivity contribution in [3.05, 3.63) is 29.3 Å². The molecule has 1 unspecified atom stereocenters. The molecule has 1 atom stereocenters. The van der Waals surface area contributed by atoms with Crippen LogP contribution in [0.25, 0.3) is 0 Å². The largest absolute Gasteiger partial charge is 0.315 e. The molecule has 0 aromatic heterocycles. The number of sulfone groups is 1. The van der Waals surface area contributed by atoms with E-state index in [0.717, 1.165) is 6.54 Å². The SMILES string of the molecule is O=S(=O)(c1cccc(Cl)c1)C1CCNC1. The second-order valence-corrected chi connectivity index (χ2v) is 6.28. The Morgan fingerprint density at radius 3 is 2.80 bits per heavy atom. The highest BCUT2D eigenvalue weighted by Gasteiger charge is 2.30. The summed E-state index contributed by atoms with van der Waals surface area (Å²) in [6, 6.07) is 6.44. The lowest BCUT2D eigenvalue weighted by atomic mass is 10.4. The van der Waals surface area contributed by atoms with Crippen molar-refractivity contribution in [2.24, 2.45) is 0 Å². The van der Waals surface area contributed by atoms with Crippen LogP contribution in [0.4, 0.5) is 0 Å². The summed E-state index contributed by atoms with van der Waals surface area (Å²) in [7, 11) is -3.21. The zero-order valence-corrected chi connectivity index (χ0v) is 9.68. The summed E-state index contributed by atoms with van der Waals surface area (Å²) < 4.78 is 24.2. The summed E-state index contributed by atoms with van der Waals surface area (Å²) >= 11 is 5.78. The molecule has 1 N–H and O–H groups in total. The van der Waals surface area contributed by atoms with Crippen LogP contribution in [0.2, 0.25) is 5.02 Å². The van der Waals surface area contributed by atoms with Gasteiger partial charge in [0.1, 0.15) is 0 Å². The van der Waals surface area contributed by atoms with Gasteiger partial charge in [0.2, 0.25) is 0 Å². The molecule has 0 spiro atoms. The van der Waals surface area contributed by atoms with Gasteiger partial charge in [0.15, 0.2) is 9.84 Å². The molecular formula is C10H12ClNO2S. The van der Waals surface area contributed by atoms with Gasteiger partial charge in [-0.15, -0.1) is 0 Å². The van der Waals surface area contributed by atoms with Gasteiger partial charge in [-0.25, -0.2) is 8.42 Å². The Kier molecular flexibility index (Phi) is 3.00. The third kappa shape index (κ3) is 2.17. The fourth-order valence-corrected chi connectivity index (χ4v) is 3.69. The zero-order chi connectivity index (χ0) is 10.9. The summed E-state index contributed by atoms with van der Waals surface area (Å²) in [6.45, 7) is 1.30. The van der Waals surface area contributed by atoms with Crippen LogP contribution < -0.4 is 5.32 Å². The maximum absolute atomic E-state index is 12.1. The van der Waals surface area contributed by atoms with Crippen molar-refractivity contribution in [1.29, 1.82) is 0 Å². The number of rotatable bonds is 2. The van der Waals surface area contributed by atoms with E-state index in [-0.39, 0.29) is 5.25 Å². The quantitative estimate of drug-likeness (QED) is 0.859. The molecule has 82 valence electrons. The monoisotopic (exact) mass is 245 g/mol. The summed E-state index contributed by atoms with van der Waals surface area (Å²) in [6.07, 6.45) is 0.675. The fraction of sp³-hybridized carbons (Fsp3) is 0.400. The third-order valence-electron chi connectivity index (χ3n) is 2.58. The normalized spacial score (nSPS) is 21.8. The first-order valence-corrected chi connectivity index (χ1v) is 6.73. The molecule has 5 heteroatoms. The van der Waals surface area contributed by atoms with E-state index in [9.17, 15) is 8.42 Å². The Labute approximate surface area is 94.4 Å². The fourth-order valence-electron chi connectivity index (χ4n) is 1.73. The van der Waals surface area contributed by atoms with Crippen molar-refractivity contribution < 1.29 is 8.42 Å². The van der Waals surface area contributed by atoms with Gasteiger partial charge in [-0.1, -0.05) is 17.7 Å². The standard InChI is InChI=1S/C10H12ClNO2S/c11-8-2-1-3-9(6-8)15(13,14)10-4-5-12-7-10/h1-3,6,10,12H,4-5,7H2. The summed E-state index contributed by atoms with van der Waals surface area (Å²) in [5.41, 5.74) is 0. The Bertz CT molecular complexity index is 452. The highest BCUT2D eigenvalue weighted by Crippen LogP contribution is 2.22. The van der Waals surface area contributed by atoms with Crippen LogP contribution in [0, 0.1) is 0 Å². The second-order valence-electron chi connectivity index (χ2n) is 3.62. The van der Waals surface area contributed by atoms with E-state index in [4.69, 9.17) is 11.6 Å². The van der Waals surface area contributed by atoms with Gasteiger partial charge in [-0.2, -0.15) is 0 Å². The molecular weight excluding hydrogens is 234 g/mol. The molecule has 0 radical (unpaired) electrons. The van der Waals surface area contributed by atoms with Crippen molar-refractivity contribution in [1.82, 2.24) is 5.32 Å². The molecule has 1 aliphatic rings. The van der Waals surface area contributed by atoms with Crippen LogP contribution in [0.15, 0.2) is 29.2 Å². The van der Waals surface area contributed by atoms with Crippen LogP contribution in [-0.2, 0) is 9.84 Å². The molecule has 2 rings (SSSR count). The Balaban J connectivity index is 2.36. The van der Waals surface area contributed by atoms with E-state index >= 15 is 0 Å².